The van der Waals surface area contributed by atoms with Crippen LogP contribution < -0.4 is 11.1 Å². The molecule has 1 unspecified atom stereocenters. The molecule has 6 nitrogen and oxygen atoms in total. The standard InChI is InChI=1S/C22H23N3O3/c1-2-28-22(27)18-12-15-10-6-7-11-17(15)25(18)19-13-16(20(24-19)21(23)26)14-8-4-3-5-9-14/h3-12,16,19-20,24H,2,13H2,1H3,(H2,23,26)/t16-,19?,20-/m0/s1. The number of ether oxygens (including phenoxy) is 1. The van der Waals surface area contributed by atoms with Crippen molar-refractivity contribution in [2.75, 3.05) is 6.61 Å². The zero-order chi connectivity index (χ0) is 19.7. The number of amides is 1. The first kappa shape index (κ1) is 18.3. The molecule has 0 saturated carbocycles. The summed E-state index contributed by atoms with van der Waals surface area (Å²) in [5.41, 5.74) is 8.13. The highest BCUT2D eigenvalue weighted by Gasteiger charge is 2.40. The van der Waals surface area contributed by atoms with Crippen LogP contribution in [0, 0.1) is 0 Å². The topological polar surface area (TPSA) is 86.3 Å². The predicted molar refractivity (Wildman–Crippen MR) is 107 cm³/mol. The number of carbonyl (C=O) groups excluding carboxylic acids is 2. The van der Waals surface area contributed by atoms with E-state index in [0.717, 1.165) is 16.5 Å². The molecule has 2 aromatic carbocycles. The third-order valence-corrected chi connectivity index (χ3v) is 5.33. The van der Waals surface area contributed by atoms with Gasteiger partial charge >= 0.3 is 5.97 Å². The van der Waals surface area contributed by atoms with Gasteiger partial charge in [0.1, 0.15) is 5.69 Å². The van der Waals surface area contributed by atoms with Gasteiger partial charge in [0.2, 0.25) is 5.91 Å². The van der Waals surface area contributed by atoms with Crippen LogP contribution in [0.3, 0.4) is 0 Å². The minimum absolute atomic E-state index is 0.0695. The fourth-order valence-electron chi connectivity index (χ4n) is 4.13. The van der Waals surface area contributed by atoms with E-state index >= 15 is 0 Å². The lowest BCUT2D eigenvalue weighted by molar-refractivity contribution is -0.120. The highest BCUT2D eigenvalue weighted by atomic mass is 16.5. The van der Waals surface area contributed by atoms with E-state index in [1.807, 2.05) is 65.2 Å². The van der Waals surface area contributed by atoms with Gasteiger partial charge in [-0.2, -0.15) is 0 Å². The maximum atomic E-state index is 12.6. The molecule has 0 spiro atoms. The number of carbonyl (C=O) groups is 2. The monoisotopic (exact) mass is 377 g/mol. The SMILES string of the molecule is CCOC(=O)c1cc2ccccc2n1C1C[C@@H](c2ccccc2)[C@@H](C(N)=O)N1. The smallest absolute Gasteiger partial charge is 0.355 e. The van der Waals surface area contributed by atoms with Gasteiger partial charge in [-0.05, 0) is 31.0 Å². The van der Waals surface area contributed by atoms with E-state index in [1.165, 1.54) is 0 Å². The summed E-state index contributed by atoms with van der Waals surface area (Å²) in [5, 5.41) is 4.30. The van der Waals surface area contributed by atoms with Crippen molar-refractivity contribution in [1.29, 1.82) is 0 Å². The van der Waals surface area contributed by atoms with E-state index in [1.54, 1.807) is 6.92 Å². The first-order valence-corrected chi connectivity index (χ1v) is 9.47. The van der Waals surface area contributed by atoms with Crippen molar-refractivity contribution in [2.24, 2.45) is 5.73 Å². The molecule has 3 aromatic rings. The molecule has 1 amide bonds. The summed E-state index contributed by atoms with van der Waals surface area (Å²) in [6.07, 6.45) is 0.393. The number of hydrogen-bond acceptors (Lipinski definition) is 4. The lowest BCUT2D eigenvalue weighted by atomic mass is 9.91. The molecule has 1 fully saturated rings. The Labute approximate surface area is 163 Å². The van der Waals surface area contributed by atoms with E-state index in [-0.39, 0.29) is 18.1 Å². The summed E-state index contributed by atoms with van der Waals surface area (Å²) in [6.45, 7) is 2.09. The maximum Gasteiger partial charge on any atom is 0.355 e. The Morgan fingerprint density at radius 3 is 2.57 bits per heavy atom. The number of nitrogens with one attached hydrogen (secondary N) is 1. The van der Waals surface area contributed by atoms with Gasteiger partial charge < -0.3 is 15.0 Å². The Hall–Kier alpha value is -3.12. The van der Waals surface area contributed by atoms with Crippen LogP contribution in [0.2, 0.25) is 0 Å². The Bertz CT molecular complexity index is 1010. The number of nitrogens with zero attached hydrogens (tertiary/aromatic N) is 1. The van der Waals surface area contributed by atoms with Crippen LogP contribution in [0.15, 0.2) is 60.7 Å². The van der Waals surface area contributed by atoms with Crippen LogP contribution in [-0.2, 0) is 9.53 Å². The zero-order valence-corrected chi connectivity index (χ0v) is 15.7. The van der Waals surface area contributed by atoms with Crippen molar-refractivity contribution < 1.29 is 14.3 Å². The lowest BCUT2D eigenvalue weighted by Gasteiger charge is -2.18. The molecule has 0 aliphatic carbocycles. The zero-order valence-electron chi connectivity index (χ0n) is 15.7. The van der Waals surface area contributed by atoms with Gasteiger partial charge in [0.15, 0.2) is 0 Å². The second-order valence-electron chi connectivity index (χ2n) is 6.99. The molecule has 0 bridgehead atoms. The molecule has 6 heteroatoms. The second-order valence-corrected chi connectivity index (χ2v) is 6.99. The summed E-state index contributed by atoms with van der Waals surface area (Å²) in [6, 6.07) is 19.0. The van der Waals surface area contributed by atoms with Crippen molar-refractivity contribution in [3.8, 4) is 0 Å². The van der Waals surface area contributed by atoms with E-state index in [4.69, 9.17) is 10.5 Å². The third-order valence-electron chi connectivity index (χ3n) is 5.33. The summed E-state index contributed by atoms with van der Waals surface area (Å²) in [5.74, 6) is -0.843. The molecule has 1 aliphatic heterocycles. The van der Waals surface area contributed by atoms with Gasteiger partial charge in [0.05, 0.1) is 24.3 Å². The first-order chi connectivity index (χ1) is 13.6. The number of fused-ring (bicyclic) bond motifs is 1. The molecule has 3 N–H and O–H groups in total. The van der Waals surface area contributed by atoms with Crippen LogP contribution >= 0.6 is 0 Å². The highest BCUT2D eigenvalue weighted by molar-refractivity contribution is 5.96. The van der Waals surface area contributed by atoms with Crippen LogP contribution in [0.25, 0.3) is 10.9 Å². The number of esters is 1. The summed E-state index contributed by atoms with van der Waals surface area (Å²) in [4.78, 5) is 24.7. The normalized spacial score (nSPS) is 21.7. The van der Waals surface area contributed by atoms with E-state index in [0.29, 0.717) is 18.7 Å². The lowest BCUT2D eigenvalue weighted by Crippen LogP contribution is -2.41. The van der Waals surface area contributed by atoms with Crippen LogP contribution in [0.4, 0.5) is 0 Å². The Kier molecular flexibility index (Phi) is 4.88. The molecule has 0 radical (unpaired) electrons. The number of primary amides is 1. The van der Waals surface area contributed by atoms with Gasteiger partial charge in [0, 0.05) is 11.3 Å². The molecular weight excluding hydrogens is 354 g/mol. The average Bonchev–Trinajstić information content (AvgIpc) is 3.30. The van der Waals surface area contributed by atoms with Gasteiger partial charge in [-0.1, -0.05) is 48.5 Å². The summed E-state index contributed by atoms with van der Waals surface area (Å²) >= 11 is 0. The Balaban J connectivity index is 1.78. The van der Waals surface area contributed by atoms with Crippen molar-refractivity contribution in [1.82, 2.24) is 9.88 Å². The first-order valence-electron chi connectivity index (χ1n) is 9.47. The molecule has 4 rings (SSSR count). The fourth-order valence-corrected chi connectivity index (χ4v) is 4.13. The van der Waals surface area contributed by atoms with E-state index in [2.05, 4.69) is 5.32 Å². The van der Waals surface area contributed by atoms with Crippen LogP contribution in [0.5, 0.6) is 0 Å². The maximum absolute atomic E-state index is 12.6. The fraction of sp³-hybridized carbons (Fsp3) is 0.273. The molecule has 2 heterocycles. The average molecular weight is 377 g/mol. The minimum atomic E-state index is -0.511. The number of rotatable bonds is 5. The van der Waals surface area contributed by atoms with Gasteiger partial charge in [-0.15, -0.1) is 0 Å². The number of nitrogens with two attached hydrogens (primary N) is 1. The number of para-hydroxylation sites is 1. The van der Waals surface area contributed by atoms with E-state index in [9.17, 15) is 9.59 Å². The van der Waals surface area contributed by atoms with Crippen LogP contribution in [0.1, 0.15) is 41.5 Å². The molecule has 3 atom stereocenters. The highest BCUT2D eigenvalue weighted by Crippen LogP contribution is 2.38. The largest absolute Gasteiger partial charge is 0.461 e. The Morgan fingerprint density at radius 2 is 1.86 bits per heavy atom. The minimum Gasteiger partial charge on any atom is -0.461 e. The van der Waals surface area contributed by atoms with Crippen molar-refractivity contribution in [2.45, 2.75) is 31.5 Å². The predicted octanol–water partition coefficient (Wildman–Crippen LogP) is 2.95. The molecule has 144 valence electrons. The van der Waals surface area contributed by atoms with Gasteiger partial charge in [-0.3, -0.25) is 10.1 Å². The van der Waals surface area contributed by atoms with Crippen LogP contribution in [-0.4, -0.2) is 29.1 Å². The number of hydrogen-bond donors (Lipinski definition) is 2. The van der Waals surface area contributed by atoms with E-state index < -0.39 is 11.9 Å². The quantitative estimate of drug-likeness (QED) is 0.670. The van der Waals surface area contributed by atoms with Crippen molar-refractivity contribution in [3.63, 3.8) is 0 Å². The van der Waals surface area contributed by atoms with Crippen molar-refractivity contribution in [3.05, 3.63) is 71.9 Å². The molecule has 1 aromatic heterocycles. The summed E-state index contributed by atoms with van der Waals surface area (Å²) in [7, 11) is 0. The molecule has 1 aliphatic rings. The van der Waals surface area contributed by atoms with Gasteiger partial charge in [-0.25, -0.2) is 4.79 Å². The molecular formula is C22H23N3O3. The molecule has 28 heavy (non-hydrogen) atoms. The van der Waals surface area contributed by atoms with Crippen molar-refractivity contribution >= 4 is 22.8 Å². The Morgan fingerprint density at radius 1 is 1.14 bits per heavy atom. The number of benzene rings is 2. The third kappa shape index (κ3) is 3.16. The number of aromatic nitrogens is 1. The van der Waals surface area contributed by atoms with Gasteiger partial charge in [0.25, 0.3) is 0 Å². The second kappa shape index (κ2) is 7.48. The summed E-state index contributed by atoms with van der Waals surface area (Å²) < 4.78 is 7.20. The molecule has 1 saturated heterocycles.